The summed E-state index contributed by atoms with van der Waals surface area (Å²) in [6.07, 6.45) is 3.37. The minimum atomic E-state index is 0.616. The summed E-state index contributed by atoms with van der Waals surface area (Å²) in [7, 11) is 0. The van der Waals surface area contributed by atoms with Crippen molar-refractivity contribution < 1.29 is 0 Å². The van der Waals surface area contributed by atoms with Crippen LogP contribution in [-0.4, -0.2) is 6.26 Å². The van der Waals surface area contributed by atoms with Crippen LogP contribution in [0.25, 0.3) is 11.1 Å². The Kier molecular flexibility index (Phi) is 7.89. The zero-order valence-corrected chi connectivity index (χ0v) is 16.3. The molecule has 0 saturated heterocycles. The van der Waals surface area contributed by atoms with Gasteiger partial charge < -0.3 is 11.5 Å². The van der Waals surface area contributed by atoms with Gasteiger partial charge in [0.15, 0.2) is 6.19 Å². The Hall–Kier alpha value is -1.91. The van der Waals surface area contributed by atoms with Gasteiger partial charge in [-0.2, -0.15) is 5.26 Å². The van der Waals surface area contributed by atoms with E-state index in [2.05, 4.69) is 72.7 Å². The minimum Gasteiger partial charge on any atom is -0.337 e. The Labute approximate surface area is 161 Å². The molecule has 1 heterocycles. The minimum absolute atomic E-state index is 0.616. The van der Waals surface area contributed by atoms with Crippen LogP contribution in [0.1, 0.15) is 4.88 Å². The first-order valence-corrected chi connectivity index (χ1v) is 10.4. The van der Waals surface area contributed by atoms with Crippen molar-refractivity contribution >= 4 is 34.9 Å². The predicted molar refractivity (Wildman–Crippen MR) is 110 cm³/mol. The van der Waals surface area contributed by atoms with Crippen molar-refractivity contribution in [2.45, 2.75) is 20.5 Å². The Bertz CT molecular complexity index is 839. The molecule has 0 aliphatic carbocycles. The third kappa shape index (κ3) is 5.83. The molecule has 6 heteroatoms. The molecule has 0 saturated carbocycles. The summed E-state index contributed by atoms with van der Waals surface area (Å²) >= 11 is 5.37. The van der Waals surface area contributed by atoms with Crippen LogP contribution in [0.4, 0.5) is 0 Å². The van der Waals surface area contributed by atoms with Crippen molar-refractivity contribution in [2.24, 2.45) is 11.5 Å². The second-order valence-electron chi connectivity index (χ2n) is 4.92. The molecule has 0 aliphatic rings. The fraction of sp³-hybridized carbons (Fsp3) is 0.105. The quantitative estimate of drug-likeness (QED) is 0.360. The molecule has 3 rings (SSSR count). The lowest BCUT2D eigenvalue weighted by molar-refractivity contribution is 1.11. The van der Waals surface area contributed by atoms with E-state index >= 15 is 0 Å². The van der Waals surface area contributed by atoms with Crippen molar-refractivity contribution in [1.29, 1.82) is 5.26 Å². The van der Waals surface area contributed by atoms with E-state index in [0.717, 1.165) is 0 Å². The Morgan fingerprint density at radius 1 is 1.00 bits per heavy atom. The highest BCUT2D eigenvalue weighted by molar-refractivity contribution is 8.01. The molecule has 0 radical (unpaired) electrons. The van der Waals surface area contributed by atoms with E-state index in [1.54, 1.807) is 23.1 Å². The molecule has 128 valence electrons. The maximum absolute atomic E-state index is 7.10. The molecule has 0 bridgehead atoms. The van der Waals surface area contributed by atoms with Crippen molar-refractivity contribution in [3.8, 4) is 17.3 Å². The normalized spacial score (nSPS) is 9.80. The smallest absolute Gasteiger partial charge is 0.173 e. The average Bonchev–Trinajstić information content (AvgIpc) is 3.10. The summed E-state index contributed by atoms with van der Waals surface area (Å²) in [5.74, 6) is 0. The van der Waals surface area contributed by atoms with Crippen LogP contribution < -0.4 is 11.5 Å². The predicted octanol–water partition coefficient (Wildman–Crippen LogP) is 5.17. The zero-order chi connectivity index (χ0) is 18.1. The fourth-order valence-electron chi connectivity index (χ4n) is 2.18. The zero-order valence-electron chi connectivity index (χ0n) is 13.8. The van der Waals surface area contributed by atoms with Crippen molar-refractivity contribution in [2.75, 3.05) is 6.26 Å². The third-order valence-electron chi connectivity index (χ3n) is 3.28. The number of hydrogen-bond donors (Lipinski definition) is 2. The van der Waals surface area contributed by atoms with Crippen LogP contribution >= 0.6 is 34.9 Å². The second kappa shape index (κ2) is 10.2. The number of thiophene rings is 1. The number of nitrogens with two attached hydrogens (primary N) is 2. The standard InChI is InChI=1S/C18H17NS3.CH2N2/c1-20-16-9-14(13-5-3-2-4-6-13)10-17(11-16)22-18-8-7-15(12-19)21-18;2-1-3/h2-11H,12,19H2,1H3;2H2. The van der Waals surface area contributed by atoms with E-state index in [9.17, 15) is 0 Å². The maximum Gasteiger partial charge on any atom is 0.173 e. The molecule has 3 nitrogen and oxygen atoms in total. The first kappa shape index (κ1) is 19.4. The number of nitriles is 1. The van der Waals surface area contributed by atoms with Gasteiger partial charge in [-0.1, -0.05) is 42.1 Å². The van der Waals surface area contributed by atoms with E-state index in [1.807, 2.05) is 11.8 Å². The van der Waals surface area contributed by atoms with Crippen molar-refractivity contribution in [3.63, 3.8) is 0 Å². The summed E-state index contributed by atoms with van der Waals surface area (Å²) < 4.78 is 1.29. The number of benzene rings is 2. The van der Waals surface area contributed by atoms with Gasteiger partial charge >= 0.3 is 0 Å². The van der Waals surface area contributed by atoms with E-state index in [1.165, 1.54) is 36.2 Å². The molecule has 25 heavy (non-hydrogen) atoms. The van der Waals surface area contributed by atoms with Crippen LogP contribution in [0.5, 0.6) is 0 Å². The summed E-state index contributed by atoms with van der Waals surface area (Å²) in [5, 5.41) is 7.10. The molecule has 1 aromatic heterocycles. The van der Waals surface area contributed by atoms with Gasteiger partial charge in [0.05, 0.1) is 4.21 Å². The lowest BCUT2D eigenvalue weighted by Crippen LogP contribution is -1.90. The summed E-state index contributed by atoms with van der Waals surface area (Å²) in [6.45, 7) is 0.616. The van der Waals surface area contributed by atoms with Crippen molar-refractivity contribution in [1.82, 2.24) is 0 Å². The highest BCUT2D eigenvalue weighted by atomic mass is 32.2. The number of hydrogen-bond acceptors (Lipinski definition) is 6. The molecule has 0 amide bonds. The van der Waals surface area contributed by atoms with Gasteiger partial charge in [0.1, 0.15) is 0 Å². The Balaban J connectivity index is 0.000000701. The molecule has 0 spiro atoms. The van der Waals surface area contributed by atoms with E-state index < -0.39 is 0 Å². The van der Waals surface area contributed by atoms with E-state index in [-0.39, 0.29) is 0 Å². The van der Waals surface area contributed by atoms with E-state index in [4.69, 9.17) is 11.0 Å². The van der Waals surface area contributed by atoms with E-state index in [0.29, 0.717) is 6.54 Å². The van der Waals surface area contributed by atoms with Gasteiger partial charge in [-0.05, 0) is 47.7 Å². The molecule has 4 N–H and O–H groups in total. The first-order chi connectivity index (χ1) is 12.2. The van der Waals surface area contributed by atoms with Crippen LogP contribution in [-0.2, 0) is 6.54 Å². The molecule has 3 aromatic rings. The van der Waals surface area contributed by atoms with Gasteiger partial charge in [-0.15, -0.1) is 23.1 Å². The molecule has 0 unspecified atom stereocenters. The van der Waals surface area contributed by atoms with Crippen LogP contribution in [0, 0.1) is 11.5 Å². The van der Waals surface area contributed by atoms with Crippen molar-refractivity contribution in [3.05, 3.63) is 65.5 Å². The highest BCUT2D eigenvalue weighted by Gasteiger charge is 2.06. The molecule has 0 aliphatic heterocycles. The number of nitrogens with zero attached hydrogens (tertiary/aromatic N) is 1. The van der Waals surface area contributed by atoms with Crippen LogP contribution in [0.3, 0.4) is 0 Å². The summed E-state index contributed by atoms with van der Waals surface area (Å²) in [4.78, 5) is 3.79. The average molecular weight is 386 g/mol. The molecule has 0 fully saturated rings. The van der Waals surface area contributed by atoms with Gasteiger partial charge in [0.25, 0.3) is 0 Å². The number of thioether (sulfide) groups is 1. The molecular weight excluding hydrogens is 366 g/mol. The Morgan fingerprint density at radius 3 is 2.28 bits per heavy atom. The topological polar surface area (TPSA) is 75.8 Å². The highest BCUT2D eigenvalue weighted by Crippen LogP contribution is 2.37. The van der Waals surface area contributed by atoms with Crippen LogP contribution in [0.2, 0.25) is 0 Å². The summed E-state index contributed by atoms with van der Waals surface area (Å²) in [6, 6.07) is 21.6. The maximum atomic E-state index is 7.10. The van der Waals surface area contributed by atoms with Gasteiger partial charge in [0, 0.05) is 21.2 Å². The number of rotatable bonds is 5. The first-order valence-electron chi connectivity index (χ1n) is 7.51. The third-order valence-corrected chi connectivity index (χ3v) is 6.20. The summed E-state index contributed by atoms with van der Waals surface area (Å²) in [5.41, 5.74) is 12.4. The molecule has 2 aromatic carbocycles. The van der Waals surface area contributed by atoms with Gasteiger partial charge in [-0.25, -0.2) is 0 Å². The molecular formula is C19H19N3S3. The monoisotopic (exact) mass is 385 g/mol. The lowest BCUT2D eigenvalue weighted by atomic mass is 10.1. The SMILES string of the molecule is CSc1cc(Sc2ccc(CN)s2)cc(-c2ccccc2)c1.N#CN. The second-order valence-corrected chi connectivity index (χ2v) is 8.34. The lowest BCUT2D eigenvalue weighted by Gasteiger charge is -2.08. The van der Waals surface area contributed by atoms with Gasteiger partial charge in [0.2, 0.25) is 0 Å². The largest absolute Gasteiger partial charge is 0.337 e. The Morgan fingerprint density at radius 2 is 1.68 bits per heavy atom. The van der Waals surface area contributed by atoms with Crippen LogP contribution in [0.15, 0.2) is 74.7 Å². The van der Waals surface area contributed by atoms with Gasteiger partial charge in [-0.3, -0.25) is 0 Å². The molecule has 0 atom stereocenters. The fourth-order valence-corrected chi connectivity index (χ4v) is 4.88.